The summed E-state index contributed by atoms with van der Waals surface area (Å²) in [4.78, 5) is -0.452. The standard InChI is InChI=1S/C16H12N2O6S.Na/c19-14-3-1-2-11-10(14)5-6-12(16(11)21)17-18-13-8-9(25(22,23)24)4-7-15(13)20;/h1-8,19-21H,(H,22,23,24);/q;+1. The summed E-state index contributed by atoms with van der Waals surface area (Å²) in [5.41, 5.74) is -0.153. The van der Waals surface area contributed by atoms with Crippen molar-refractivity contribution in [2.24, 2.45) is 10.2 Å². The molecule has 4 N–H and O–H groups in total. The molecule has 0 fully saturated rings. The first-order valence-electron chi connectivity index (χ1n) is 6.93. The third-order valence-electron chi connectivity index (χ3n) is 3.50. The Kier molecular flexibility index (Phi) is 5.89. The van der Waals surface area contributed by atoms with Gasteiger partial charge < -0.3 is 15.3 Å². The molecular weight excluding hydrogens is 371 g/mol. The summed E-state index contributed by atoms with van der Waals surface area (Å²) < 4.78 is 31.3. The fraction of sp³-hybridized carbons (Fsp3) is 0. The molecule has 0 aliphatic heterocycles. The van der Waals surface area contributed by atoms with E-state index in [1.54, 1.807) is 12.1 Å². The molecule has 0 aliphatic rings. The maximum absolute atomic E-state index is 11.1. The smallest absolute Gasteiger partial charge is 0.507 e. The third kappa shape index (κ3) is 3.97. The van der Waals surface area contributed by atoms with E-state index in [-0.39, 0.29) is 58.2 Å². The van der Waals surface area contributed by atoms with Crippen molar-refractivity contribution in [1.29, 1.82) is 0 Å². The quantitative estimate of drug-likeness (QED) is 0.297. The van der Waals surface area contributed by atoms with Gasteiger partial charge in [0, 0.05) is 10.8 Å². The monoisotopic (exact) mass is 383 g/mol. The molecule has 0 spiro atoms. The summed E-state index contributed by atoms with van der Waals surface area (Å²) in [5.74, 6) is -0.591. The first-order valence-corrected chi connectivity index (χ1v) is 8.37. The molecule has 8 nitrogen and oxygen atoms in total. The maximum Gasteiger partial charge on any atom is 1.00 e. The Morgan fingerprint density at radius 1 is 0.769 bits per heavy atom. The molecule has 0 bridgehead atoms. The van der Waals surface area contributed by atoms with Crippen molar-refractivity contribution in [2.75, 3.05) is 0 Å². The topological polar surface area (TPSA) is 140 Å². The summed E-state index contributed by atoms with van der Waals surface area (Å²) in [6.07, 6.45) is 0. The molecule has 0 amide bonds. The molecule has 0 saturated heterocycles. The van der Waals surface area contributed by atoms with Crippen LogP contribution >= 0.6 is 0 Å². The number of phenols is 3. The molecule has 0 aliphatic carbocycles. The average Bonchev–Trinajstić information content (AvgIpc) is 2.55. The zero-order chi connectivity index (χ0) is 18.2. The number of hydrogen-bond donors (Lipinski definition) is 4. The van der Waals surface area contributed by atoms with Crippen LogP contribution in [0.1, 0.15) is 0 Å². The predicted molar refractivity (Wildman–Crippen MR) is 89.4 cm³/mol. The van der Waals surface area contributed by atoms with Gasteiger partial charge in [0.05, 0.1) is 4.90 Å². The second-order valence-electron chi connectivity index (χ2n) is 5.13. The average molecular weight is 383 g/mol. The fourth-order valence-electron chi connectivity index (χ4n) is 2.25. The van der Waals surface area contributed by atoms with Crippen molar-refractivity contribution in [2.45, 2.75) is 4.90 Å². The minimum atomic E-state index is -4.46. The van der Waals surface area contributed by atoms with Crippen LogP contribution in [0.4, 0.5) is 11.4 Å². The van der Waals surface area contributed by atoms with E-state index in [1.807, 2.05) is 0 Å². The zero-order valence-corrected chi connectivity index (χ0v) is 16.3. The van der Waals surface area contributed by atoms with E-state index < -0.39 is 15.0 Å². The van der Waals surface area contributed by atoms with Gasteiger partial charge >= 0.3 is 29.6 Å². The Morgan fingerprint density at radius 2 is 1.46 bits per heavy atom. The van der Waals surface area contributed by atoms with Crippen molar-refractivity contribution in [3.8, 4) is 17.2 Å². The molecule has 3 rings (SSSR count). The molecule has 0 aromatic heterocycles. The van der Waals surface area contributed by atoms with Gasteiger partial charge in [0.1, 0.15) is 22.9 Å². The first-order chi connectivity index (χ1) is 11.8. The van der Waals surface area contributed by atoms with Crippen molar-refractivity contribution in [3.63, 3.8) is 0 Å². The van der Waals surface area contributed by atoms with E-state index in [4.69, 9.17) is 4.55 Å². The zero-order valence-electron chi connectivity index (χ0n) is 13.5. The molecule has 3 aromatic rings. The Hall–Kier alpha value is -2.17. The number of hydrogen-bond acceptors (Lipinski definition) is 7. The van der Waals surface area contributed by atoms with E-state index in [0.717, 1.165) is 18.2 Å². The van der Waals surface area contributed by atoms with Gasteiger partial charge in [-0.1, -0.05) is 12.1 Å². The van der Waals surface area contributed by atoms with Crippen LogP contribution in [0.3, 0.4) is 0 Å². The molecule has 0 atom stereocenters. The van der Waals surface area contributed by atoms with E-state index >= 15 is 0 Å². The van der Waals surface area contributed by atoms with Crippen LogP contribution in [-0.4, -0.2) is 28.3 Å². The van der Waals surface area contributed by atoms with Crippen LogP contribution in [0.2, 0.25) is 0 Å². The Labute approximate surface area is 170 Å². The molecule has 0 unspecified atom stereocenters. The second kappa shape index (κ2) is 7.60. The summed E-state index contributed by atoms with van der Waals surface area (Å²) in [6.45, 7) is 0. The van der Waals surface area contributed by atoms with Gasteiger partial charge in [-0.2, -0.15) is 8.42 Å². The second-order valence-corrected chi connectivity index (χ2v) is 6.55. The number of rotatable bonds is 3. The van der Waals surface area contributed by atoms with Crippen molar-refractivity contribution in [3.05, 3.63) is 48.5 Å². The van der Waals surface area contributed by atoms with Crippen LogP contribution in [0.15, 0.2) is 63.7 Å². The van der Waals surface area contributed by atoms with Gasteiger partial charge in [0.2, 0.25) is 0 Å². The summed E-state index contributed by atoms with van der Waals surface area (Å²) in [5, 5.41) is 38.0. The Morgan fingerprint density at radius 3 is 2.15 bits per heavy atom. The molecule has 0 radical (unpaired) electrons. The number of azo groups is 1. The molecule has 10 heteroatoms. The van der Waals surface area contributed by atoms with E-state index in [1.165, 1.54) is 18.2 Å². The van der Waals surface area contributed by atoms with Crippen LogP contribution in [-0.2, 0) is 10.1 Å². The van der Waals surface area contributed by atoms with Crippen molar-refractivity contribution >= 4 is 32.3 Å². The van der Waals surface area contributed by atoms with Crippen LogP contribution in [0.5, 0.6) is 17.2 Å². The summed E-state index contributed by atoms with van der Waals surface area (Å²) >= 11 is 0. The predicted octanol–water partition coefficient (Wildman–Crippen LogP) is 0.623. The van der Waals surface area contributed by atoms with E-state index in [9.17, 15) is 23.7 Å². The minimum absolute atomic E-state index is 0. The summed E-state index contributed by atoms with van der Waals surface area (Å²) in [7, 11) is -4.46. The van der Waals surface area contributed by atoms with Gasteiger partial charge in [0.15, 0.2) is 5.75 Å². The van der Waals surface area contributed by atoms with Gasteiger partial charge in [-0.05, 0) is 36.4 Å². The van der Waals surface area contributed by atoms with E-state index in [0.29, 0.717) is 10.8 Å². The van der Waals surface area contributed by atoms with Crippen molar-refractivity contribution in [1.82, 2.24) is 0 Å². The molecule has 0 heterocycles. The van der Waals surface area contributed by atoms with Crippen LogP contribution in [0, 0.1) is 0 Å². The number of aromatic hydroxyl groups is 3. The van der Waals surface area contributed by atoms with Crippen LogP contribution in [0.25, 0.3) is 10.8 Å². The molecule has 3 aromatic carbocycles. The minimum Gasteiger partial charge on any atom is -0.507 e. The third-order valence-corrected chi connectivity index (χ3v) is 4.35. The van der Waals surface area contributed by atoms with Gasteiger partial charge in [-0.3, -0.25) is 4.55 Å². The molecule has 128 valence electrons. The van der Waals surface area contributed by atoms with Gasteiger partial charge in [0.25, 0.3) is 10.1 Å². The number of phenolic OH excluding ortho intramolecular Hbond substituents is 3. The SMILES string of the molecule is O=S(=O)(O)c1ccc(O)c(N=Nc2ccc3c(O)cccc3c2O)c1.[Na+]. The maximum atomic E-state index is 11.1. The van der Waals surface area contributed by atoms with E-state index in [2.05, 4.69) is 10.2 Å². The van der Waals surface area contributed by atoms with Crippen molar-refractivity contribution < 1.29 is 57.8 Å². The molecule has 0 saturated carbocycles. The fourth-order valence-corrected chi connectivity index (χ4v) is 2.75. The first kappa shape index (κ1) is 20.1. The van der Waals surface area contributed by atoms with Gasteiger partial charge in [-0.25, -0.2) is 0 Å². The Balaban J connectivity index is 0.00000243. The normalized spacial score (nSPS) is 11.6. The van der Waals surface area contributed by atoms with Gasteiger partial charge in [-0.15, -0.1) is 10.2 Å². The molecular formula is C16H12N2NaO6S+. The number of benzene rings is 3. The van der Waals surface area contributed by atoms with Crippen LogP contribution < -0.4 is 29.6 Å². The largest absolute Gasteiger partial charge is 1.00 e. The number of nitrogens with zero attached hydrogens (tertiary/aromatic N) is 2. The molecule has 26 heavy (non-hydrogen) atoms. The summed E-state index contributed by atoms with van der Waals surface area (Å²) in [6, 6.07) is 10.6. The Bertz CT molecular complexity index is 1120. The number of fused-ring (bicyclic) bond motifs is 1.